The topological polar surface area (TPSA) is 58.6 Å². The summed E-state index contributed by atoms with van der Waals surface area (Å²) in [5.41, 5.74) is 1.66. The first-order chi connectivity index (χ1) is 10.8. The van der Waals surface area contributed by atoms with Gasteiger partial charge >= 0.3 is 0 Å². The normalized spacial score (nSPS) is 17.4. The van der Waals surface area contributed by atoms with Crippen molar-refractivity contribution in [2.24, 2.45) is 5.92 Å². The minimum absolute atomic E-state index is 0.306. The van der Waals surface area contributed by atoms with Crippen molar-refractivity contribution < 1.29 is 13.2 Å². The fourth-order valence-electron chi connectivity index (χ4n) is 3.09. The van der Waals surface area contributed by atoms with Crippen LogP contribution in [0.25, 0.3) is 0 Å². The molecule has 0 radical (unpaired) electrons. The van der Waals surface area contributed by atoms with Crippen molar-refractivity contribution in [2.75, 3.05) is 33.3 Å². The molecule has 1 saturated heterocycles. The lowest BCUT2D eigenvalue weighted by atomic mass is 9.99. The number of sulfonamides is 1. The highest BCUT2D eigenvalue weighted by Crippen LogP contribution is 2.26. The van der Waals surface area contributed by atoms with Crippen LogP contribution in [-0.2, 0) is 10.0 Å². The maximum Gasteiger partial charge on any atom is 0.240 e. The zero-order valence-electron chi connectivity index (χ0n) is 14.6. The van der Waals surface area contributed by atoms with Gasteiger partial charge in [0, 0.05) is 13.1 Å². The highest BCUT2D eigenvalue weighted by molar-refractivity contribution is 7.89. The van der Waals surface area contributed by atoms with Crippen molar-refractivity contribution in [3.8, 4) is 5.75 Å². The molecule has 0 unspecified atom stereocenters. The molecule has 23 heavy (non-hydrogen) atoms. The molecule has 0 amide bonds. The Morgan fingerprint density at radius 3 is 2.30 bits per heavy atom. The molecule has 0 saturated carbocycles. The summed E-state index contributed by atoms with van der Waals surface area (Å²) in [5.74, 6) is 1.53. The van der Waals surface area contributed by atoms with Gasteiger partial charge in [-0.2, -0.15) is 0 Å². The number of hydrogen-bond acceptors (Lipinski definition) is 4. The molecule has 0 aromatic heterocycles. The Kier molecular flexibility index (Phi) is 6.06. The largest absolute Gasteiger partial charge is 0.496 e. The number of likely N-dealkylation sites (tertiary alicyclic amines) is 1. The van der Waals surface area contributed by atoms with Crippen LogP contribution in [0.5, 0.6) is 5.75 Å². The molecule has 0 atom stereocenters. The summed E-state index contributed by atoms with van der Waals surface area (Å²) in [7, 11) is -1.88. The third-order valence-corrected chi connectivity index (χ3v) is 5.99. The number of nitrogens with one attached hydrogen (secondary N) is 1. The number of piperidine rings is 1. The molecule has 1 fully saturated rings. The average Bonchev–Trinajstić information content (AvgIpc) is 2.49. The number of aryl methyl sites for hydroxylation is 2. The predicted octanol–water partition coefficient (Wildman–Crippen LogP) is 2.32. The molecule has 0 bridgehead atoms. The van der Waals surface area contributed by atoms with E-state index >= 15 is 0 Å². The van der Waals surface area contributed by atoms with Crippen molar-refractivity contribution in [3.05, 3.63) is 23.3 Å². The van der Waals surface area contributed by atoms with Gasteiger partial charge in [0.25, 0.3) is 0 Å². The molecule has 5 nitrogen and oxygen atoms in total. The van der Waals surface area contributed by atoms with Gasteiger partial charge in [-0.1, -0.05) is 6.92 Å². The van der Waals surface area contributed by atoms with E-state index in [0.29, 0.717) is 11.4 Å². The lowest BCUT2D eigenvalue weighted by Gasteiger charge is -2.30. The third kappa shape index (κ3) is 4.68. The molecule has 0 spiro atoms. The summed E-state index contributed by atoms with van der Waals surface area (Å²) in [5, 5.41) is 0. The molecule has 1 heterocycles. The van der Waals surface area contributed by atoms with Crippen LogP contribution < -0.4 is 9.46 Å². The van der Waals surface area contributed by atoms with Crippen LogP contribution in [0.2, 0.25) is 0 Å². The monoisotopic (exact) mass is 340 g/mol. The van der Waals surface area contributed by atoms with Crippen LogP contribution in [0.3, 0.4) is 0 Å². The Morgan fingerprint density at radius 1 is 1.22 bits per heavy atom. The molecule has 1 aromatic carbocycles. The van der Waals surface area contributed by atoms with Crippen LogP contribution in [0, 0.1) is 19.8 Å². The number of ether oxygens (including phenoxy) is 1. The summed E-state index contributed by atoms with van der Waals surface area (Å²) < 4.78 is 32.9. The highest BCUT2D eigenvalue weighted by atomic mass is 32.2. The number of nitrogens with zero attached hydrogens (tertiary/aromatic N) is 1. The van der Waals surface area contributed by atoms with E-state index in [9.17, 15) is 8.42 Å². The van der Waals surface area contributed by atoms with Crippen molar-refractivity contribution >= 4 is 10.0 Å². The SMILES string of the molecule is COc1c(C)cc(S(=O)(=O)NCCN2CCC(C)CC2)cc1C. The van der Waals surface area contributed by atoms with Gasteiger partial charge in [0.15, 0.2) is 0 Å². The van der Waals surface area contributed by atoms with E-state index in [-0.39, 0.29) is 0 Å². The van der Waals surface area contributed by atoms with Crippen LogP contribution in [0.15, 0.2) is 17.0 Å². The lowest BCUT2D eigenvalue weighted by Crippen LogP contribution is -2.39. The summed E-state index contributed by atoms with van der Waals surface area (Å²) in [4.78, 5) is 2.63. The average molecular weight is 340 g/mol. The Labute approximate surface area is 140 Å². The van der Waals surface area contributed by atoms with Crippen LogP contribution >= 0.6 is 0 Å². The van der Waals surface area contributed by atoms with Crippen molar-refractivity contribution in [1.29, 1.82) is 0 Å². The lowest BCUT2D eigenvalue weighted by molar-refractivity contribution is 0.195. The molecule has 1 aliphatic heterocycles. The Balaban J connectivity index is 1.96. The Hall–Kier alpha value is -1.11. The second kappa shape index (κ2) is 7.64. The summed E-state index contributed by atoms with van der Waals surface area (Å²) in [6.07, 6.45) is 2.40. The van der Waals surface area contributed by atoms with Gasteiger partial charge in [0.1, 0.15) is 5.75 Å². The van der Waals surface area contributed by atoms with E-state index in [2.05, 4.69) is 16.5 Å². The number of benzene rings is 1. The standard InChI is InChI=1S/C17H28N2O3S/c1-13-5-8-19(9-6-13)10-7-18-23(20,21)16-11-14(2)17(22-4)15(3)12-16/h11-13,18H,5-10H2,1-4H3. The van der Waals surface area contributed by atoms with Crippen molar-refractivity contribution in [1.82, 2.24) is 9.62 Å². The zero-order chi connectivity index (χ0) is 17.0. The van der Waals surface area contributed by atoms with Gasteiger partial charge in [-0.25, -0.2) is 13.1 Å². The highest BCUT2D eigenvalue weighted by Gasteiger charge is 2.19. The number of methoxy groups -OCH3 is 1. The van der Waals surface area contributed by atoms with Gasteiger partial charge in [-0.3, -0.25) is 0 Å². The maximum absolute atomic E-state index is 12.5. The van der Waals surface area contributed by atoms with E-state index < -0.39 is 10.0 Å². The van der Waals surface area contributed by atoms with E-state index in [1.807, 2.05) is 13.8 Å². The second-order valence-electron chi connectivity index (χ2n) is 6.51. The number of hydrogen-bond donors (Lipinski definition) is 1. The fourth-order valence-corrected chi connectivity index (χ4v) is 4.29. The molecule has 2 rings (SSSR count). The summed E-state index contributed by atoms with van der Waals surface area (Å²) in [6.45, 7) is 9.32. The maximum atomic E-state index is 12.5. The van der Waals surface area contributed by atoms with E-state index in [4.69, 9.17) is 4.74 Å². The second-order valence-corrected chi connectivity index (χ2v) is 8.28. The first-order valence-electron chi connectivity index (χ1n) is 8.20. The van der Waals surface area contributed by atoms with Gasteiger partial charge in [-0.05, 0) is 69.0 Å². The molecule has 6 heteroatoms. The molecule has 1 aromatic rings. The van der Waals surface area contributed by atoms with Gasteiger partial charge in [-0.15, -0.1) is 0 Å². The molecule has 1 aliphatic rings. The Morgan fingerprint density at radius 2 is 1.78 bits per heavy atom. The molecule has 130 valence electrons. The van der Waals surface area contributed by atoms with Crippen molar-refractivity contribution in [2.45, 2.75) is 38.5 Å². The zero-order valence-corrected chi connectivity index (χ0v) is 15.4. The third-order valence-electron chi connectivity index (χ3n) is 4.54. The quantitative estimate of drug-likeness (QED) is 0.863. The van der Waals surface area contributed by atoms with Crippen molar-refractivity contribution in [3.63, 3.8) is 0 Å². The van der Waals surface area contributed by atoms with E-state index in [1.165, 1.54) is 12.8 Å². The molecular formula is C17H28N2O3S. The molecular weight excluding hydrogens is 312 g/mol. The number of rotatable bonds is 6. The summed E-state index contributed by atoms with van der Waals surface area (Å²) >= 11 is 0. The molecule has 1 N–H and O–H groups in total. The van der Waals surface area contributed by atoms with Crippen LogP contribution in [0.4, 0.5) is 0 Å². The van der Waals surface area contributed by atoms with Crippen LogP contribution in [0.1, 0.15) is 30.9 Å². The minimum Gasteiger partial charge on any atom is -0.496 e. The van der Waals surface area contributed by atoms with Gasteiger partial charge in [0.2, 0.25) is 10.0 Å². The van der Waals surface area contributed by atoms with E-state index in [1.54, 1.807) is 19.2 Å². The smallest absolute Gasteiger partial charge is 0.240 e. The van der Waals surface area contributed by atoms with Gasteiger partial charge in [0.05, 0.1) is 12.0 Å². The van der Waals surface area contributed by atoms with Gasteiger partial charge < -0.3 is 9.64 Å². The molecule has 0 aliphatic carbocycles. The van der Waals surface area contributed by atoms with Crippen LogP contribution in [-0.4, -0.2) is 46.6 Å². The fraction of sp³-hybridized carbons (Fsp3) is 0.647. The predicted molar refractivity (Wildman–Crippen MR) is 92.5 cm³/mol. The first-order valence-corrected chi connectivity index (χ1v) is 9.69. The Bertz CT molecular complexity index is 612. The first kappa shape index (κ1) is 18.2. The minimum atomic E-state index is -3.47. The van der Waals surface area contributed by atoms with E-state index in [0.717, 1.165) is 42.4 Å². The summed E-state index contributed by atoms with van der Waals surface area (Å²) in [6, 6.07) is 3.33.